The van der Waals surface area contributed by atoms with Crippen LogP contribution in [-0.4, -0.2) is 87.6 Å². The Hall–Kier alpha value is -2.67. The first-order valence-corrected chi connectivity index (χ1v) is 20.4. The highest BCUT2D eigenvalue weighted by Crippen LogP contribution is 2.34. The minimum atomic E-state index is -0.606. The number of likely N-dealkylation sites (tertiary alicyclic amines) is 2. The van der Waals surface area contributed by atoms with Gasteiger partial charge in [-0.3, -0.25) is 29.4 Å². The Labute approximate surface area is 330 Å². The molecule has 12 heteroatoms. The molecule has 2 aliphatic carbocycles. The molecule has 0 spiro atoms. The molecule has 11 nitrogen and oxygen atoms in total. The second kappa shape index (κ2) is 24.8. The molecular weight excluding hydrogens is 704 g/mol. The summed E-state index contributed by atoms with van der Waals surface area (Å²) in [5, 5.41) is 27.7. The summed E-state index contributed by atoms with van der Waals surface area (Å²) in [5.41, 5.74) is 9.50. The summed E-state index contributed by atoms with van der Waals surface area (Å²) in [6.07, 6.45) is 24.1. The summed E-state index contributed by atoms with van der Waals surface area (Å²) < 4.78 is 0. The summed E-state index contributed by atoms with van der Waals surface area (Å²) in [6, 6.07) is 10.0. The lowest BCUT2D eigenvalue weighted by Gasteiger charge is -2.27. The highest BCUT2D eigenvalue weighted by atomic mass is 35.5. The topological polar surface area (TPSA) is 165 Å². The van der Waals surface area contributed by atoms with Gasteiger partial charge < -0.3 is 26.4 Å². The van der Waals surface area contributed by atoms with Crippen molar-refractivity contribution in [3.05, 3.63) is 59.2 Å². The van der Waals surface area contributed by atoms with E-state index in [1.807, 2.05) is 0 Å². The summed E-state index contributed by atoms with van der Waals surface area (Å²) in [4.78, 5) is 37.0. The number of carbonyl (C=O) groups is 2. The van der Waals surface area contributed by atoms with Crippen molar-refractivity contribution >= 4 is 24.3 Å². The molecule has 6 rings (SSSR count). The number of hydrogen-bond acceptors (Lipinski definition) is 9. The molecule has 1 amide bonds. The zero-order valence-electron chi connectivity index (χ0n) is 32.9. The van der Waals surface area contributed by atoms with Crippen LogP contribution < -0.4 is 11.1 Å². The van der Waals surface area contributed by atoms with E-state index in [4.69, 9.17) is 20.3 Å². The molecule has 0 bridgehead atoms. The largest absolute Gasteiger partial charge is 0.481 e. The number of amides is 1. The fraction of sp³-hybridized carbons (Fsp3) is 0.714. The number of nitrogens with zero attached hydrogens (tertiary/aromatic N) is 4. The molecule has 0 aromatic carbocycles. The van der Waals surface area contributed by atoms with Crippen molar-refractivity contribution in [2.45, 2.75) is 128 Å². The highest BCUT2D eigenvalue weighted by Gasteiger charge is 2.27. The van der Waals surface area contributed by atoms with E-state index < -0.39 is 5.97 Å². The minimum Gasteiger partial charge on any atom is -0.481 e. The third-order valence-electron chi connectivity index (χ3n) is 12.3. The van der Waals surface area contributed by atoms with E-state index in [0.29, 0.717) is 18.0 Å². The maximum Gasteiger partial charge on any atom is 0.306 e. The second-order valence-electron chi connectivity index (χ2n) is 15.9. The maximum atomic E-state index is 11.8. The molecule has 4 fully saturated rings. The average molecular weight is 774 g/mol. The second-order valence-corrected chi connectivity index (χ2v) is 15.9. The predicted molar refractivity (Wildman–Crippen MR) is 216 cm³/mol. The van der Waals surface area contributed by atoms with Gasteiger partial charge in [0.2, 0.25) is 5.91 Å². The zero-order chi connectivity index (χ0) is 38.0. The molecule has 2 saturated carbocycles. The van der Waals surface area contributed by atoms with Gasteiger partial charge in [0.05, 0.1) is 12.6 Å². The Morgan fingerprint density at radius 3 is 1.48 bits per heavy atom. The first-order valence-electron chi connectivity index (χ1n) is 20.4. The lowest BCUT2D eigenvalue weighted by molar-refractivity contribution is -0.143. The van der Waals surface area contributed by atoms with Crippen LogP contribution in [0.3, 0.4) is 0 Å². The van der Waals surface area contributed by atoms with Crippen LogP contribution in [0.2, 0.25) is 0 Å². The normalized spacial score (nSPS) is 25.7. The monoisotopic (exact) mass is 773 g/mol. The molecule has 4 heterocycles. The van der Waals surface area contributed by atoms with Gasteiger partial charge in [-0.15, -0.1) is 12.4 Å². The molecule has 304 valence electrons. The Morgan fingerprint density at radius 2 is 1.15 bits per heavy atom. The Kier molecular flexibility index (Phi) is 21.0. The number of aliphatic carboxylic acids is 1. The smallest absolute Gasteiger partial charge is 0.306 e. The van der Waals surface area contributed by atoms with Crippen molar-refractivity contribution in [3.63, 3.8) is 0 Å². The number of aliphatic hydroxyl groups is 2. The van der Waals surface area contributed by atoms with Crippen LogP contribution in [-0.2, 0) is 22.4 Å². The van der Waals surface area contributed by atoms with E-state index in [2.05, 4.69) is 76.6 Å². The third-order valence-corrected chi connectivity index (χ3v) is 12.3. The third kappa shape index (κ3) is 14.8. The molecular formula is C42H69ClN6O5. The Balaban J connectivity index is 0.000000267. The van der Waals surface area contributed by atoms with Gasteiger partial charge in [0.1, 0.15) is 6.73 Å². The molecule has 54 heavy (non-hydrogen) atoms. The van der Waals surface area contributed by atoms with E-state index in [1.54, 1.807) is 0 Å². The molecule has 2 saturated heterocycles. The standard InChI is InChI=1S/C21H33N3O2.C20H30N2O2.CH5NO.ClH/c1-24-13-3-6-20(24)18-11-12-19(22-14-18)5-2-4-16-7-9-17(10-8-16)21(26)23-15-25;1-22-13-3-6-19(22)17-11-12-18(21-14-17)5-2-4-15-7-9-16(10-8-15)20(23)24;2-1-3;/h11-12,14,16-17,20,25H,2-10,13,15H2,1H3,(H,23,26);11-12,14-16,19H,2-10,13H2,1H3,(H,23,24);3H,1-2H2;1H/t16?,17?,20-;15?,16?,19-;;/m00../s1. The van der Waals surface area contributed by atoms with Crippen LogP contribution >= 0.6 is 12.4 Å². The van der Waals surface area contributed by atoms with E-state index in [-0.39, 0.29) is 43.6 Å². The number of hydrogen-bond donors (Lipinski definition) is 5. The number of halogens is 1. The molecule has 2 aliphatic heterocycles. The number of rotatable bonds is 13. The van der Waals surface area contributed by atoms with Gasteiger partial charge in [0.25, 0.3) is 0 Å². The van der Waals surface area contributed by atoms with Crippen molar-refractivity contribution in [2.24, 2.45) is 29.4 Å². The number of aryl methyl sites for hydroxylation is 2. The SMILES string of the molecule is CN1CCC[C@H]1c1ccc(CCCC2CCC(C(=O)NCO)CC2)nc1.CN1CCC[C@H]1c1ccc(CCCC2CCC(C(=O)O)CC2)nc1.Cl.NCO. The first kappa shape index (κ1) is 45.7. The molecule has 2 aromatic rings. The first-order chi connectivity index (χ1) is 25.7. The van der Waals surface area contributed by atoms with E-state index >= 15 is 0 Å². The van der Waals surface area contributed by atoms with E-state index in [0.717, 1.165) is 76.5 Å². The van der Waals surface area contributed by atoms with Crippen LogP contribution in [0.15, 0.2) is 36.7 Å². The van der Waals surface area contributed by atoms with Crippen LogP contribution in [0.1, 0.15) is 137 Å². The predicted octanol–water partition coefficient (Wildman–Crippen LogP) is 6.42. The summed E-state index contributed by atoms with van der Waals surface area (Å²) >= 11 is 0. The summed E-state index contributed by atoms with van der Waals surface area (Å²) in [7, 11) is 4.40. The fourth-order valence-electron chi connectivity index (χ4n) is 9.00. The van der Waals surface area contributed by atoms with Crippen molar-refractivity contribution in [1.29, 1.82) is 0 Å². The number of pyridine rings is 2. The molecule has 4 aliphatic rings. The maximum absolute atomic E-state index is 11.8. The van der Waals surface area contributed by atoms with Crippen LogP contribution in [0.5, 0.6) is 0 Å². The number of aromatic nitrogens is 2. The van der Waals surface area contributed by atoms with Gasteiger partial charge in [-0.25, -0.2) is 0 Å². The van der Waals surface area contributed by atoms with Crippen LogP contribution in [0.25, 0.3) is 0 Å². The van der Waals surface area contributed by atoms with Crippen molar-refractivity contribution in [2.75, 3.05) is 40.6 Å². The zero-order valence-corrected chi connectivity index (χ0v) is 33.7. The Morgan fingerprint density at radius 1 is 0.722 bits per heavy atom. The van der Waals surface area contributed by atoms with Crippen molar-refractivity contribution in [1.82, 2.24) is 25.1 Å². The van der Waals surface area contributed by atoms with E-state index in [1.165, 1.54) is 80.6 Å². The highest BCUT2D eigenvalue weighted by molar-refractivity contribution is 5.85. The summed E-state index contributed by atoms with van der Waals surface area (Å²) in [5.74, 6) is 0.867. The molecule has 2 atom stereocenters. The lowest BCUT2D eigenvalue weighted by atomic mass is 9.79. The number of nitrogens with two attached hydrogens (primary N) is 1. The van der Waals surface area contributed by atoms with Gasteiger partial charge in [0, 0.05) is 41.8 Å². The molecule has 0 unspecified atom stereocenters. The average Bonchev–Trinajstić information content (AvgIpc) is 3.81. The molecule has 0 radical (unpaired) electrons. The number of nitrogens with one attached hydrogen (secondary N) is 1. The number of aliphatic hydroxyl groups excluding tert-OH is 2. The lowest BCUT2D eigenvalue weighted by Crippen LogP contribution is -2.33. The fourth-order valence-corrected chi connectivity index (χ4v) is 9.00. The Bertz CT molecular complexity index is 1340. The number of carboxylic acid groups (broad SMARTS) is 1. The quantitative estimate of drug-likeness (QED) is 0.144. The molecule has 6 N–H and O–H groups in total. The van der Waals surface area contributed by atoms with Gasteiger partial charge in [-0.05, 0) is 165 Å². The summed E-state index contributed by atoms with van der Waals surface area (Å²) in [6.45, 7) is 1.88. The van der Waals surface area contributed by atoms with Crippen LogP contribution in [0.4, 0.5) is 0 Å². The van der Waals surface area contributed by atoms with Crippen LogP contribution in [0, 0.1) is 23.7 Å². The van der Waals surface area contributed by atoms with Gasteiger partial charge in [-0.1, -0.05) is 25.0 Å². The van der Waals surface area contributed by atoms with Gasteiger partial charge in [-0.2, -0.15) is 0 Å². The van der Waals surface area contributed by atoms with Gasteiger partial charge in [0.15, 0.2) is 0 Å². The number of carbonyl (C=O) groups excluding carboxylic acids is 1. The van der Waals surface area contributed by atoms with Crippen molar-refractivity contribution in [3.8, 4) is 0 Å². The number of carboxylic acids is 1. The molecule has 2 aromatic heterocycles. The van der Waals surface area contributed by atoms with E-state index in [9.17, 15) is 9.59 Å². The minimum absolute atomic E-state index is 0. The van der Waals surface area contributed by atoms with Gasteiger partial charge >= 0.3 is 5.97 Å². The van der Waals surface area contributed by atoms with Crippen molar-refractivity contribution < 1.29 is 24.9 Å².